The first kappa shape index (κ1) is 19.2. The van der Waals surface area contributed by atoms with E-state index in [1.807, 2.05) is 20.8 Å². The van der Waals surface area contributed by atoms with Gasteiger partial charge in [0, 0.05) is 16.7 Å². The molecule has 0 bridgehead atoms. The van der Waals surface area contributed by atoms with E-state index in [2.05, 4.69) is 10.6 Å². The third-order valence-electron chi connectivity index (χ3n) is 3.83. The van der Waals surface area contributed by atoms with Crippen LogP contribution in [-0.2, 0) is 4.79 Å². The van der Waals surface area contributed by atoms with Gasteiger partial charge in [-0.15, -0.1) is 0 Å². The summed E-state index contributed by atoms with van der Waals surface area (Å²) in [6.45, 7) is 7.17. The largest absolute Gasteiger partial charge is 0.366 e. The van der Waals surface area contributed by atoms with Crippen LogP contribution >= 0.6 is 0 Å². The Morgan fingerprint density at radius 3 is 2.23 bits per heavy atom. The fraction of sp³-hybridized carbons (Fsp3) is 0.250. The van der Waals surface area contributed by atoms with Crippen LogP contribution in [0.2, 0.25) is 0 Å². The van der Waals surface area contributed by atoms with Gasteiger partial charge in [-0.25, -0.2) is 0 Å². The number of hydrogen-bond donors (Lipinski definition) is 3. The second kappa shape index (κ2) is 7.39. The summed E-state index contributed by atoms with van der Waals surface area (Å²) in [7, 11) is 0. The Hall–Kier alpha value is -3.15. The number of nitrogens with two attached hydrogens (primary N) is 1. The molecule has 0 aliphatic rings. The first-order chi connectivity index (χ1) is 12.1. The maximum Gasteiger partial charge on any atom is 0.255 e. The first-order valence-electron chi connectivity index (χ1n) is 8.22. The SMILES string of the molecule is Cc1cccc(NC(=O)c2cccc(NC(=O)C(C)(C)C)c2)c1C(N)=O. The van der Waals surface area contributed by atoms with Crippen LogP contribution in [-0.4, -0.2) is 17.7 Å². The van der Waals surface area contributed by atoms with Crippen molar-refractivity contribution in [2.75, 3.05) is 10.6 Å². The van der Waals surface area contributed by atoms with Crippen molar-refractivity contribution in [2.45, 2.75) is 27.7 Å². The van der Waals surface area contributed by atoms with Gasteiger partial charge >= 0.3 is 0 Å². The number of benzene rings is 2. The van der Waals surface area contributed by atoms with Crippen molar-refractivity contribution >= 4 is 29.1 Å². The molecule has 136 valence electrons. The molecule has 0 saturated heterocycles. The van der Waals surface area contributed by atoms with Gasteiger partial charge in [0.05, 0.1) is 11.3 Å². The second-order valence-electron chi connectivity index (χ2n) is 7.10. The van der Waals surface area contributed by atoms with E-state index in [1.165, 1.54) is 0 Å². The molecule has 0 spiro atoms. The summed E-state index contributed by atoms with van der Waals surface area (Å²) < 4.78 is 0. The van der Waals surface area contributed by atoms with Crippen LogP contribution in [0.15, 0.2) is 42.5 Å². The maximum atomic E-state index is 12.6. The van der Waals surface area contributed by atoms with Gasteiger partial charge in [0.25, 0.3) is 11.8 Å². The van der Waals surface area contributed by atoms with Gasteiger partial charge in [0.1, 0.15) is 0 Å². The smallest absolute Gasteiger partial charge is 0.255 e. The molecule has 2 rings (SSSR count). The van der Waals surface area contributed by atoms with Crippen LogP contribution in [0.25, 0.3) is 0 Å². The number of aryl methyl sites for hydroxylation is 1. The van der Waals surface area contributed by atoms with E-state index in [9.17, 15) is 14.4 Å². The van der Waals surface area contributed by atoms with E-state index in [4.69, 9.17) is 5.73 Å². The average molecular weight is 353 g/mol. The Morgan fingerprint density at radius 2 is 1.62 bits per heavy atom. The number of carbonyl (C=O) groups excluding carboxylic acids is 3. The minimum absolute atomic E-state index is 0.148. The van der Waals surface area contributed by atoms with Crippen molar-refractivity contribution in [1.82, 2.24) is 0 Å². The maximum absolute atomic E-state index is 12.6. The van der Waals surface area contributed by atoms with Crippen LogP contribution in [0.1, 0.15) is 47.1 Å². The minimum Gasteiger partial charge on any atom is -0.366 e. The minimum atomic E-state index is -0.607. The molecule has 6 heteroatoms. The molecule has 0 aromatic heterocycles. The molecular formula is C20H23N3O3. The molecule has 3 amide bonds. The number of primary amides is 1. The third kappa shape index (κ3) is 4.47. The summed E-state index contributed by atoms with van der Waals surface area (Å²) in [4.78, 5) is 36.3. The predicted octanol–water partition coefficient (Wildman–Crippen LogP) is 3.33. The molecule has 0 radical (unpaired) electrons. The van der Waals surface area contributed by atoms with Crippen LogP contribution in [0.4, 0.5) is 11.4 Å². The number of nitrogens with one attached hydrogen (secondary N) is 2. The van der Waals surface area contributed by atoms with E-state index >= 15 is 0 Å². The van der Waals surface area contributed by atoms with Gasteiger partial charge in [-0.3, -0.25) is 14.4 Å². The highest BCUT2D eigenvalue weighted by Gasteiger charge is 2.21. The number of amides is 3. The van der Waals surface area contributed by atoms with Crippen molar-refractivity contribution in [3.05, 3.63) is 59.2 Å². The van der Waals surface area contributed by atoms with E-state index in [-0.39, 0.29) is 11.5 Å². The van der Waals surface area contributed by atoms with Gasteiger partial charge < -0.3 is 16.4 Å². The van der Waals surface area contributed by atoms with Crippen molar-refractivity contribution in [3.8, 4) is 0 Å². The molecule has 0 atom stereocenters. The summed E-state index contributed by atoms with van der Waals surface area (Å²) in [5, 5.41) is 5.49. The lowest BCUT2D eigenvalue weighted by Crippen LogP contribution is -2.27. The van der Waals surface area contributed by atoms with Crippen molar-refractivity contribution in [2.24, 2.45) is 11.1 Å². The fourth-order valence-electron chi connectivity index (χ4n) is 2.35. The number of carbonyl (C=O) groups is 3. The molecule has 0 aliphatic carbocycles. The molecule has 4 N–H and O–H groups in total. The highest BCUT2D eigenvalue weighted by Crippen LogP contribution is 2.21. The van der Waals surface area contributed by atoms with Gasteiger partial charge in [-0.1, -0.05) is 39.0 Å². The molecule has 2 aromatic carbocycles. The molecule has 0 heterocycles. The predicted molar refractivity (Wildman–Crippen MR) is 102 cm³/mol. The Morgan fingerprint density at radius 1 is 0.962 bits per heavy atom. The van der Waals surface area contributed by atoms with Crippen molar-refractivity contribution in [3.63, 3.8) is 0 Å². The number of anilines is 2. The van der Waals surface area contributed by atoms with E-state index in [0.717, 1.165) is 0 Å². The number of hydrogen-bond acceptors (Lipinski definition) is 3. The highest BCUT2D eigenvalue weighted by molar-refractivity contribution is 6.09. The average Bonchev–Trinajstić information content (AvgIpc) is 2.53. The molecule has 2 aromatic rings. The van der Waals surface area contributed by atoms with Crippen molar-refractivity contribution < 1.29 is 14.4 Å². The van der Waals surface area contributed by atoms with E-state index in [0.29, 0.717) is 22.5 Å². The monoisotopic (exact) mass is 353 g/mol. The Bertz CT molecular complexity index is 867. The quantitative estimate of drug-likeness (QED) is 0.786. The van der Waals surface area contributed by atoms with Crippen LogP contribution in [0.5, 0.6) is 0 Å². The zero-order valence-electron chi connectivity index (χ0n) is 15.3. The summed E-state index contributed by atoms with van der Waals surface area (Å²) in [6, 6.07) is 11.7. The lowest BCUT2D eigenvalue weighted by Gasteiger charge is -2.18. The van der Waals surface area contributed by atoms with E-state index in [1.54, 1.807) is 49.4 Å². The molecule has 0 saturated carbocycles. The summed E-state index contributed by atoms with van der Waals surface area (Å²) in [5.74, 6) is -1.15. The fourth-order valence-corrected chi connectivity index (χ4v) is 2.35. The Labute approximate surface area is 152 Å². The van der Waals surface area contributed by atoms with Gasteiger partial charge in [0.2, 0.25) is 5.91 Å². The zero-order valence-corrected chi connectivity index (χ0v) is 15.3. The zero-order chi connectivity index (χ0) is 19.5. The molecule has 0 fully saturated rings. The standard InChI is InChI=1S/C20H23N3O3/c1-12-7-5-10-15(16(12)17(21)24)23-18(25)13-8-6-9-14(11-13)22-19(26)20(2,3)4/h5-11H,1-4H3,(H2,21,24)(H,22,26)(H,23,25). The highest BCUT2D eigenvalue weighted by atomic mass is 16.2. The normalized spacial score (nSPS) is 10.9. The van der Waals surface area contributed by atoms with Crippen LogP contribution in [0.3, 0.4) is 0 Å². The molecule has 26 heavy (non-hydrogen) atoms. The molecule has 6 nitrogen and oxygen atoms in total. The summed E-state index contributed by atoms with van der Waals surface area (Å²) in [6.07, 6.45) is 0. The van der Waals surface area contributed by atoms with Crippen molar-refractivity contribution in [1.29, 1.82) is 0 Å². The molecule has 0 unspecified atom stereocenters. The van der Waals surface area contributed by atoms with Crippen LogP contribution < -0.4 is 16.4 Å². The lowest BCUT2D eigenvalue weighted by atomic mass is 9.95. The third-order valence-corrected chi connectivity index (χ3v) is 3.83. The second-order valence-corrected chi connectivity index (χ2v) is 7.10. The topological polar surface area (TPSA) is 101 Å². The number of rotatable bonds is 4. The first-order valence-corrected chi connectivity index (χ1v) is 8.22. The summed E-state index contributed by atoms with van der Waals surface area (Å²) >= 11 is 0. The van der Waals surface area contributed by atoms with Crippen LogP contribution in [0, 0.1) is 12.3 Å². The Balaban J connectivity index is 2.24. The summed E-state index contributed by atoms with van der Waals surface area (Å²) in [5.41, 5.74) is 7.06. The Kier molecular flexibility index (Phi) is 5.45. The molecule has 0 aliphatic heterocycles. The van der Waals surface area contributed by atoms with E-state index < -0.39 is 17.2 Å². The van der Waals surface area contributed by atoms with Gasteiger partial charge in [-0.2, -0.15) is 0 Å². The molecular weight excluding hydrogens is 330 g/mol. The van der Waals surface area contributed by atoms with Gasteiger partial charge in [0.15, 0.2) is 0 Å². The lowest BCUT2D eigenvalue weighted by molar-refractivity contribution is -0.123. The van der Waals surface area contributed by atoms with Gasteiger partial charge in [-0.05, 0) is 36.8 Å².